The van der Waals surface area contributed by atoms with Gasteiger partial charge >= 0.3 is 0 Å². The fourth-order valence-corrected chi connectivity index (χ4v) is 5.94. The van der Waals surface area contributed by atoms with Crippen molar-refractivity contribution in [3.8, 4) is 0 Å². The van der Waals surface area contributed by atoms with Gasteiger partial charge in [0.1, 0.15) is 28.0 Å². The van der Waals surface area contributed by atoms with Gasteiger partial charge in [0.15, 0.2) is 0 Å². The SMILES string of the molecule is c1coc(CN(Cc2ccco2)c2nc(CN3CCOCC3)nc3sc4c(c23)CCC4)c1. The number of ether oxygens (including phenoxy) is 1. The van der Waals surface area contributed by atoms with Crippen LogP contribution in [0.5, 0.6) is 0 Å². The summed E-state index contributed by atoms with van der Waals surface area (Å²) in [4.78, 5) is 17.4. The van der Waals surface area contributed by atoms with Crippen molar-refractivity contribution in [2.75, 3.05) is 31.2 Å². The molecule has 5 heterocycles. The van der Waals surface area contributed by atoms with Gasteiger partial charge in [0.2, 0.25) is 0 Å². The van der Waals surface area contributed by atoms with E-state index in [1.807, 2.05) is 35.6 Å². The van der Waals surface area contributed by atoms with Gasteiger partial charge in [-0.3, -0.25) is 4.90 Å². The van der Waals surface area contributed by atoms with Gasteiger partial charge in [0, 0.05) is 18.0 Å². The number of nitrogens with zero attached hydrogens (tertiary/aromatic N) is 4. The Hall–Kier alpha value is -2.68. The van der Waals surface area contributed by atoms with Crippen LogP contribution in [-0.4, -0.2) is 41.2 Å². The Morgan fingerprint density at radius 3 is 2.41 bits per heavy atom. The fourth-order valence-electron chi connectivity index (χ4n) is 4.67. The molecule has 0 N–H and O–H groups in total. The molecule has 0 radical (unpaired) electrons. The van der Waals surface area contributed by atoms with Crippen molar-refractivity contribution in [3.63, 3.8) is 0 Å². The second kappa shape index (κ2) is 8.69. The lowest BCUT2D eigenvalue weighted by molar-refractivity contribution is 0.0331. The standard InChI is InChI=1S/C24H26N4O3S/c1-6-19-20(7-1)32-24-22(19)23(25-21(26-24)16-27-8-12-29-13-9-27)28(14-17-4-2-10-30-17)15-18-5-3-11-31-18/h2-5,10-11H,1,6-9,12-16H2. The average molecular weight is 451 g/mol. The summed E-state index contributed by atoms with van der Waals surface area (Å²) in [7, 11) is 0. The van der Waals surface area contributed by atoms with Gasteiger partial charge < -0.3 is 18.5 Å². The minimum Gasteiger partial charge on any atom is -0.467 e. The number of aromatic nitrogens is 2. The quantitative estimate of drug-likeness (QED) is 0.413. The highest BCUT2D eigenvalue weighted by atomic mass is 32.1. The zero-order valence-electron chi connectivity index (χ0n) is 18.0. The number of hydrogen-bond acceptors (Lipinski definition) is 8. The Bertz CT molecular complexity index is 1140. The molecular weight excluding hydrogens is 424 g/mol. The van der Waals surface area contributed by atoms with Gasteiger partial charge in [-0.1, -0.05) is 0 Å². The molecule has 2 aliphatic rings. The molecule has 1 aliphatic heterocycles. The average Bonchev–Trinajstić information content (AvgIpc) is 3.59. The monoisotopic (exact) mass is 450 g/mol. The molecule has 1 aliphatic carbocycles. The van der Waals surface area contributed by atoms with E-state index in [-0.39, 0.29) is 0 Å². The Morgan fingerprint density at radius 2 is 1.72 bits per heavy atom. The zero-order valence-corrected chi connectivity index (χ0v) is 18.8. The molecule has 0 saturated carbocycles. The number of hydrogen-bond donors (Lipinski definition) is 0. The zero-order chi connectivity index (χ0) is 21.3. The Balaban J connectivity index is 1.44. The van der Waals surface area contributed by atoms with E-state index in [0.29, 0.717) is 13.1 Å². The summed E-state index contributed by atoms with van der Waals surface area (Å²) in [5.74, 6) is 3.68. The van der Waals surface area contributed by atoms with Gasteiger partial charge in [0.05, 0.1) is 50.8 Å². The first-order chi connectivity index (χ1) is 15.8. The summed E-state index contributed by atoms with van der Waals surface area (Å²) in [5, 5.41) is 1.21. The molecule has 4 aromatic heterocycles. The number of rotatable bonds is 7. The first-order valence-corrected chi connectivity index (χ1v) is 12.1. The fraction of sp³-hybridized carbons (Fsp3) is 0.417. The van der Waals surface area contributed by atoms with E-state index in [1.54, 1.807) is 12.5 Å². The minimum atomic E-state index is 0.626. The summed E-state index contributed by atoms with van der Waals surface area (Å²) in [5.41, 5.74) is 1.43. The largest absolute Gasteiger partial charge is 0.467 e. The molecule has 7 nitrogen and oxygen atoms in total. The van der Waals surface area contributed by atoms with Crippen molar-refractivity contribution >= 4 is 27.4 Å². The van der Waals surface area contributed by atoms with Crippen molar-refractivity contribution in [2.24, 2.45) is 0 Å². The highest BCUT2D eigenvalue weighted by Gasteiger charge is 2.26. The predicted molar refractivity (Wildman–Crippen MR) is 123 cm³/mol. The molecule has 0 unspecified atom stereocenters. The third-order valence-electron chi connectivity index (χ3n) is 6.21. The molecule has 8 heteroatoms. The van der Waals surface area contributed by atoms with Gasteiger partial charge in [0.25, 0.3) is 0 Å². The molecule has 32 heavy (non-hydrogen) atoms. The Morgan fingerprint density at radius 1 is 0.969 bits per heavy atom. The second-order valence-corrected chi connectivity index (χ2v) is 9.49. The van der Waals surface area contributed by atoms with Gasteiger partial charge in [-0.2, -0.15) is 0 Å². The number of furan rings is 2. The highest BCUT2D eigenvalue weighted by molar-refractivity contribution is 7.19. The van der Waals surface area contributed by atoms with Crippen LogP contribution in [0.2, 0.25) is 0 Å². The number of anilines is 1. The van der Waals surface area contributed by atoms with Crippen LogP contribution < -0.4 is 4.90 Å². The molecule has 1 fully saturated rings. The molecular formula is C24H26N4O3S. The number of fused-ring (bicyclic) bond motifs is 3. The Kier molecular flexibility index (Phi) is 5.42. The second-order valence-electron chi connectivity index (χ2n) is 8.40. The van der Waals surface area contributed by atoms with Gasteiger partial charge in [-0.05, 0) is 49.1 Å². The van der Waals surface area contributed by atoms with Crippen LogP contribution in [0.1, 0.15) is 34.2 Å². The predicted octanol–water partition coefficient (Wildman–Crippen LogP) is 4.41. The first kappa shape index (κ1) is 20.0. The van der Waals surface area contributed by atoms with E-state index in [2.05, 4.69) is 9.80 Å². The van der Waals surface area contributed by atoms with Crippen LogP contribution in [0.25, 0.3) is 10.2 Å². The maximum absolute atomic E-state index is 5.71. The van der Waals surface area contributed by atoms with Crippen molar-refractivity contribution in [1.29, 1.82) is 0 Å². The van der Waals surface area contributed by atoms with Crippen LogP contribution in [0.4, 0.5) is 5.82 Å². The Labute approximate surface area is 190 Å². The summed E-state index contributed by atoms with van der Waals surface area (Å²) in [6.45, 7) is 5.37. The lowest BCUT2D eigenvalue weighted by atomic mass is 10.1. The first-order valence-electron chi connectivity index (χ1n) is 11.2. The minimum absolute atomic E-state index is 0.626. The molecule has 0 bridgehead atoms. The van der Waals surface area contributed by atoms with E-state index >= 15 is 0 Å². The molecule has 4 aromatic rings. The smallest absolute Gasteiger partial charge is 0.146 e. The summed E-state index contributed by atoms with van der Waals surface area (Å²) >= 11 is 1.84. The molecule has 0 spiro atoms. The van der Waals surface area contributed by atoms with E-state index in [0.717, 1.165) is 73.7 Å². The van der Waals surface area contributed by atoms with Crippen LogP contribution >= 0.6 is 11.3 Å². The highest BCUT2D eigenvalue weighted by Crippen LogP contribution is 2.41. The molecule has 0 aromatic carbocycles. The van der Waals surface area contributed by atoms with Crippen molar-refractivity contribution in [1.82, 2.24) is 14.9 Å². The van der Waals surface area contributed by atoms with E-state index in [4.69, 9.17) is 23.5 Å². The van der Waals surface area contributed by atoms with E-state index in [1.165, 1.54) is 22.2 Å². The summed E-state index contributed by atoms with van der Waals surface area (Å²) < 4.78 is 16.9. The maximum atomic E-state index is 5.71. The van der Waals surface area contributed by atoms with Crippen LogP contribution in [0.15, 0.2) is 45.6 Å². The molecule has 1 saturated heterocycles. The van der Waals surface area contributed by atoms with Crippen LogP contribution in [-0.2, 0) is 37.2 Å². The van der Waals surface area contributed by atoms with E-state index < -0.39 is 0 Å². The normalized spacial score (nSPS) is 16.6. The lowest BCUT2D eigenvalue weighted by Gasteiger charge is -2.27. The molecule has 0 atom stereocenters. The topological polar surface area (TPSA) is 67.8 Å². The van der Waals surface area contributed by atoms with E-state index in [9.17, 15) is 0 Å². The number of morpholine rings is 1. The third-order valence-corrected chi connectivity index (χ3v) is 7.40. The summed E-state index contributed by atoms with van der Waals surface area (Å²) in [6, 6.07) is 7.89. The van der Waals surface area contributed by atoms with Gasteiger partial charge in [-0.15, -0.1) is 11.3 Å². The van der Waals surface area contributed by atoms with Crippen LogP contribution in [0.3, 0.4) is 0 Å². The van der Waals surface area contributed by atoms with Crippen molar-refractivity contribution < 1.29 is 13.6 Å². The summed E-state index contributed by atoms with van der Waals surface area (Å²) in [6.07, 6.45) is 6.90. The molecule has 166 valence electrons. The molecule has 0 amide bonds. The lowest BCUT2D eigenvalue weighted by Crippen LogP contribution is -2.36. The van der Waals surface area contributed by atoms with Crippen LogP contribution in [0, 0.1) is 0 Å². The van der Waals surface area contributed by atoms with Crippen molar-refractivity contribution in [3.05, 3.63) is 64.6 Å². The number of thiophene rings is 1. The molecule has 6 rings (SSSR count). The third kappa shape index (κ3) is 3.94. The van der Waals surface area contributed by atoms with Gasteiger partial charge in [-0.25, -0.2) is 9.97 Å². The number of aryl methyl sites for hydroxylation is 2. The maximum Gasteiger partial charge on any atom is 0.146 e. The van der Waals surface area contributed by atoms with Crippen molar-refractivity contribution in [2.45, 2.75) is 38.9 Å².